The highest BCUT2D eigenvalue weighted by molar-refractivity contribution is 5.99. The molecular weight excluding hydrogens is 352 g/mol. The molecule has 0 heterocycles. The molecule has 0 spiro atoms. The number of hydrogen-bond donors (Lipinski definition) is 2. The number of ether oxygens (including phenoxy) is 3. The van der Waals surface area contributed by atoms with Crippen molar-refractivity contribution in [1.29, 1.82) is 0 Å². The summed E-state index contributed by atoms with van der Waals surface area (Å²) < 4.78 is 15.4. The molecule has 0 aromatic heterocycles. The average Bonchev–Trinajstić information content (AvgIpc) is 2.67. The van der Waals surface area contributed by atoms with Gasteiger partial charge in [0.05, 0.1) is 14.2 Å². The second kappa shape index (κ2) is 9.80. The van der Waals surface area contributed by atoms with E-state index in [1.807, 2.05) is 0 Å². The molecule has 1 aromatic carbocycles. The van der Waals surface area contributed by atoms with Crippen LogP contribution in [0.1, 0.15) is 49.4 Å². The first-order chi connectivity index (χ1) is 12.9. The van der Waals surface area contributed by atoms with Gasteiger partial charge in [0.15, 0.2) is 6.10 Å². The molecule has 148 valence electrons. The summed E-state index contributed by atoms with van der Waals surface area (Å²) in [6, 6.07) is 4.12. The quantitative estimate of drug-likeness (QED) is 0.737. The lowest BCUT2D eigenvalue weighted by Gasteiger charge is -2.23. The zero-order valence-corrected chi connectivity index (χ0v) is 15.9. The monoisotopic (exact) mass is 378 g/mol. The van der Waals surface area contributed by atoms with Crippen molar-refractivity contribution in [2.75, 3.05) is 14.2 Å². The molecule has 1 atom stereocenters. The Morgan fingerprint density at radius 3 is 2.41 bits per heavy atom. The van der Waals surface area contributed by atoms with Crippen LogP contribution in [-0.4, -0.2) is 44.3 Å². The van der Waals surface area contributed by atoms with Crippen molar-refractivity contribution in [3.63, 3.8) is 0 Å². The van der Waals surface area contributed by atoms with Crippen LogP contribution >= 0.6 is 0 Å². The SMILES string of the molecule is COc1ccc(C(=O)O[C@H](C)C(=O)NC(=O)NC2CCCCC2)c(OC)c1. The van der Waals surface area contributed by atoms with E-state index in [9.17, 15) is 14.4 Å². The molecule has 8 heteroatoms. The molecule has 3 amide bonds. The van der Waals surface area contributed by atoms with E-state index < -0.39 is 24.0 Å². The van der Waals surface area contributed by atoms with E-state index in [0.29, 0.717) is 5.75 Å². The maximum absolute atomic E-state index is 12.3. The smallest absolute Gasteiger partial charge is 0.342 e. The lowest BCUT2D eigenvalue weighted by Crippen LogP contribution is -2.48. The van der Waals surface area contributed by atoms with E-state index in [0.717, 1.165) is 25.7 Å². The second-order valence-electron chi connectivity index (χ2n) is 6.41. The van der Waals surface area contributed by atoms with E-state index in [4.69, 9.17) is 14.2 Å². The van der Waals surface area contributed by atoms with Crippen LogP contribution in [0.25, 0.3) is 0 Å². The molecule has 1 aromatic rings. The van der Waals surface area contributed by atoms with Gasteiger partial charge < -0.3 is 19.5 Å². The molecule has 1 fully saturated rings. The van der Waals surface area contributed by atoms with Gasteiger partial charge in [0.25, 0.3) is 5.91 Å². The summed E-state index contributed by atoms with van der Waals surface area (Å²) in [5.41, 5.74) is 0.157. The van der Waals surface area contributed by atoms with Crippen LogP contribution in [0.3, 0.4) is 0 Å². The average molecular weight is 378 g/mol. The number of rotatable bonds is 6. The van der Waals surface area contributed by atoms with Gasteiger partial charge in [-0.2, -0.15) is 0 Å². The zero-order valence-electron chi connectivity index (χ0n) is 15.9. The molecule has 1 aliphatic carbocycles. The highest BCUT2D eigenvalue weighted by Crippen LogP contribution is 2.25. The molecule has 0 bridgehead atoms. The Balaban J connectivity index is 1.89. The molecule has 2 N–H and O–H groups in total. The normalized spacial score (nSPS) is 15.4. The first kappa shape index (κ1) is 20.5. The van der Waals surface area contributed by atoms with Crippen molar-refractivity contribution >= 4 is 17.9 Å². The molecule has 1 aliphatic rings. The number of nitrogens with one attached hydrogen (secondary N) is 2. The van der Waals surface area contributed by atoms with Gasteiger partial charge in [0, 0.05) is 12.1 Å². The molecule has 8 nitrogen and oxygen atoms in total. The Morgan fingerprint density at radius 2 is 1.78 bits per heavy atom. The van der Waals surface area contributed by atoms with Crippen molar-refractivity contribution < 1.29 is 28.6 Å². The number of benzene rings is 1. The van der Waals surface area contributed by atoms with Crippen LogP contribution < -0.4 is 20.1 Å². The van der Waals surface area contributed by atoms with E-state index in [1.54, 1.807) is 12.1 Å². The fourth-order valence-corrected chi connectivity index (χ4v) is 2.93. The lowest BCUT2D eigenvalue weighted by atomic mass is 9.96. The third kappa shape index (κ3) is 5.87. The number of urea groups is 1. The lowest BCUT2D eigenvalue weighted by molar-refractivity contribution is -0.127. The van der Waals surface area contributed by atoms with Crippen molar-refractivity contribution in [3.8, 4) is 11.5 Å². The highest BCUT2D eigenvalue weighted by Gasteiger charge is 2.24. The van der Waals surface area contributed by atoms with Crippen LogP contribution in [-0.2, 0) is 9.53 Å². The molecule has 0 radical (unpaired) electrons. The molecule has 1 saturated carbocycles. The van der Waals surface area contributed by atoms with Gasteiger partial charge in [-0.15, -0.1) is 0 Å². The van der Waals surface area contributed by atoms with Gasteiger partial charge in [-0.05, 0) is 31.9 Å². The minimum atomic E-state index is -1.14. The fraction of sp³-hybridized carbons (Fsp3) is 0.526. The van der Waals surface area contributed by atoms with Crippen molar-refractivity contribution in [1.82, 2.24) is 10.6 Å². The van der Waals surface area contributed by atoms with Gasteiger partial charge in [-0.3, -0.25) is 10.1 Å². The number of carbonyl (C=O) groups excluding carboxylic acids is 3. The summed E-state index contributed by atoms with van der Waals surface area (Å²) >= 11 is 0. The Kier molecular flexibility index (Phi) is 7.45. The zero-order chi connectivity index (χ0) is 19.8. The highest BCUT2D eigenvalue weighted by atomic mass is 16.5. The predicted octanol–water partition coefficient (Wildman–Crippen LogP) is 2.41. The molecule has 0 unspecified atom stereocenters. The minimum Gasteiger partial charge on any atom is -0.497 e. The second-order valence-corrected chi connectivity index (χ2v) is 6.41. The van der Waals surface area contributed by atoms with Gasteiger partial charge >= 0.3 is 12.0 Å². The van der Waals surface area contributed by atoms with Crippen molar-refractivity contribution in [3.05, 3.63) is 23.8 Å². The van der Waals surface area contributed by atoms with Crippen molar-refractivity contribution in [2.24, 2.45) is 0 Å². The maximum atomic E-state index is 12.3. The summed E-state index contributed by atoms with van der Waals surface area (Å²) in [5, 5.41) is 4.99. The van der Waals surface area contributed by atoms with Crippen LogP contribution in [0.15, 0.2) is 18.2 Å². The van der Waals surface area contributed by atoms with E-state index in [1.165, 1.54) is 33.6 Å². The van der Waals surface area contributed by atoms with E-state index in [-0.39, 0.29) is 17.4 Å². The largest absolute Gasteiger partial charge is 0.497 e. The molecular formula is C19H26N2O6. The molecule has 0 saturated heterocycles. The Morgan fingerprint density at radius 1 is 1.07 bits per heavy atom. The topological polar surface area (TPSA) is 103 Å². The number of hydrogen-bond acceptors (Lipinski definition) is 6. The van der Waals surface area contributed by atoms with Gasteiger partial charge in [0.1, 0.15) is 17.1 Å². The summed E-state index contributed by atoms with van der Waals surface area (Å²) in [5.74, 6) is -0.635. The number of amides is 3. The number of imide groups is 1. The summed E-state index contributed by atoms with van der Waals surface area (Å²) in [4.78, 5) is 36.4. The van der Waals surface area contributed by atoms with Gasteiger partial charge in [-0.25, -0.2) is 9.59 Å². The first-order valence-corrected chi connectivity index (χ1v) is 8.99. The van der Waals surface area contributed by atoms with E-state index in [2.05, 4.69) is 10.6 Å². The van der Waals surface area contributed by atoms with Crippen LogP contribution in [0, 0.1) is 0 Å². The maximum Gasteiger partial charge on any atom is 0.342 e. The standard InChI is InChI=1S/C19H26N2O6/c1-12(17(22)21-19(24)20-13-7-5-4-6-8-13)27-18(23)15-10-9-14(25-2)11-16(15)26-3/h9-13H,4-8H2,1-3H3,(H2,20,21,22,24)/t12-/m1/s1. The van der Waals surface area contributed by atoms with Gasteiger partial charge in [-0.1, -0.05) is 19.3 Å². The van der Waals surface area contributed by atoms with Crippen molar-refractivity contribution in [2.45, 2.75) is 51.2 Å². The van der Waals surface area contributed by atoms with Gasteiger partial charge in [0.2, 0.25) is 0 Å². The minimum absolute atomic E-state index is 0.0768. The number of carbonyl (C=O) groups is 3. The fourth-order valence-electron chi connectivity index (χ4n) is 2.93. The number of esters is 1. The van der Waals surface area contributed by atoms with E-state index >= 15 is 0 Å². The first-order valence-electron chi connectivity index (χ1n) is 8.99. The van der Waals surface area contributed by atoms with Crippen LogP contribution in [0.2, 0.25) is 0 Å². The Bertz CT molecular complexity index is 685. The molecule has 2 rings (SSSR count). The summed E-state index contributed by atoms with van der Waals surface area (Å²) in [6.07, 6.45) is 3.97. The van der Waals surface area contributed by atoms with Crippen LogP contribution in [0.4, 0.5) is 4.79 Å². The predicted molar refractivity (Wildman–Crippen MR) is 98.0 cm³/mol. The molecule has 27 heavy (non-hydrogen) atoms. The third-order valence-corrected chi connectivity index (χ3v) is 4.46. The van der Waals surface area contributed by atoms with Crippen LogP contribution in [0.5, 0.6) is 11.5 Å². The summed E-state index contributed by atoms with van der Waals surface area (Å²) in [6.45, 7) is 1.40. The number of methoxy groups -OCH3 is 2. The summed E-state index contributed by atoms with van der Waals surface area (Å²) in [7, 11) is 2.91. The molecule has 0 aliphatic heterocycles. The Labute approximate surface area is 158 Å². The third-order valence-electron chi connectivity index (χ3n) is 4.46. The Hall–Kier alpha value is -2.77.